The van der Waals surface area contributed by atoms with E-state index >= 15 is 0 Å². The Balaban J connectivity index is 1.98. The number of nitrogens with zero attached hydrogens (tertiary/aromatic N) is 1. The molecule has 1 heterocycles. The molecule has 0 saturated carbocycles. The van der Waals surface area contributed by atoms with Crippen molar-refractivity contribution in [1.29, 1.82) is 0 Å². The van der Waals surface area contributed by atoms with Crippen LogP contribution in [0.2, 0.25) is 10.0 Å². The molecule has 0 unspecified atom stereocenters. The normalized spacial score (nSPS) is 21.3. The Morgan fingerprint density at radius 2 is 1.71 bits per heavy atom. The molecule has 2 atom stereocenters. The molecular formula is C15H11BrCl2N2O. The molecule has 2 N–H and O–H groups in total. The van der Waals surface area contributed by atoms with Gasteiger partial charge in [-0.3, -0.25) is 4.79 Å². The van der Waals surface area contributed by atoms with Gasteiger partial charge in [0.15, 0.2) is 0 Å². The highest BCUT2D eigenvalue weighted by molar-refractivity contribution is 9.10. The minimum absolute atomic E-state index is 0.124. The fourth-order valence-corrected chi connectivity index (χ4v) is 3.01. The molecule has 2 aromatic carbocycles. The number of hydrogen-bond donors (Lipinski definition) is 1. The number of carbonyl (C=O) groups excluding carboxylic acids is 1. The second kappa shape index (κ2) is 5.61. The van der Waals surface area contributed by atoms with Gasteiger partial charge in [0, 0.05) is 10.2 Å². The van der Waals surface area contributed by atoms with Crippen molar-refractivity contribution in [1.82, 2.24) is 0 Å². The van der Waals surface area contributed by atoms with Crippen LogP contribution in [0.3, 0.4) is 0 Å². The predicted octanol–water partition coefficient (Wildman–Crippen LogP) is 4.17. The zero-order chi connectivity index (χ0) is 15.1. The van der Waals surface area contributed by atoms with Crippen molar-refractivity contribution in [3.63, 3.8) is 0 Å². The van der Waals surface area contributed by atoms with E-state index in [-0.39, 0.29) is 11.9 Å². The van der Waals surface area contributed by atoms with E-state index < -0.39 is 6.04 Å². The van der Waals surface area contributed by atoms with Crippen molar-refractivity contribution in [3.05, 3.63) is 62.5 Å². The Kier molecular flexibility index (Phi) is 3.97. The van der Waals surface area contributed by atoms with E-state index in [0.29, 0.717) is 15.7 Å². The second-order valence-electron chi connectivity index (χ2n) is 4.83. The van der Waals surface area contributed by atoms with Gasteiger partial charge in [0.2, 0.25) is 5.91 Å². The van der Waals surface area contributed by atoms with Crippen molar-refractivity contribution in [2.75, 3.05) is 4.90 Å². The molecule has 3 nitrogen and oxygen atoms in total. The lowest BCUT2D eigenvalue weighted by atomic mass is 9.88. The summed E-state index contributed by atoms with van der Waals surface area (Å²) in [5, 5.41) is 0.870. The largest absolute Gasteiger partial charge is 0.318 e. The topological polar surface area (TPSA) is 46.3 Å². The number of halogens is 3. The number of β-lactam (4-membered cyclic amide) rings is 1. The summed E-state index contributed by atoms with van der Waals surface area (Å²) in [7, 11) is 0. The van der Waals surface area contributed by atoms with Crippen LogP contribution in [0.15, 0.2) is 46.9 Å². The highest BCUT2D eigenvalue weighted by Gasteiger charge is 2.46. The molecule has 1 aliphatic heterocycles. The number of amides is 1. The van der Waals surface area contributed by atoms with E-state index in [1.54, 1.807) is 23.1 Å². The van der Waals surface area contributed by atoms with Crippen LogP contribution >= 0.6 is 39.1 Å². The smallest absolute Gasteiger partial charge is 0.247 e. The van der Waals surface area contributed by atoms with Crippen molar-refractivity contribution in [2.24, 2.45) is 5.73 Å². The molecule has 1 aliphatic rings. The highest BCUT2D eigenvalue weighted by atomic mass is 79.9. The van der Waals surface area contributed by atoms with Gasteiger partial charge in [-0.05, 0) is 35.9 Å². The first-order chi connectivity index (χ1) is 9.99. The summed E-state index contributed by atoms with van der Waals surface area (Å²) < 4.78 is 0.978. The summed E-state index contributed by atoms with van der Waals surface area (Å²) >= 11 is 15.3. The van der Waals surface area contributed by atoms with Crippen LogP contribution in [0.25, 0.3) is 0 Å². The van der Waals surface area contributed by atoms with E-state index in [1.807, 2.05) is 24.3 Å². The molecule has 1 saturated heterocycles. The van der Waals surface area contributed by atoms with Gasteiger partial charge in [-0.15, -0.1) is 0 Å². The standard InChI is InChI=1S/C15H11BrCl2N2O/c16-9-3-1-8(2-4-9)14-13(19)15(21)20(14)10-5-6-11(17)12(18)7-10/h1-7,13-14H,19H2/t13-,14-/m1/s1. The van der Waals surface area contributed by atoms with Crippen LogP contribution in [-0.2, 0) is 4.79 Å². The van der Waals surface area contributed by atoms with E-state index in [4.69, 9.17) is 28.9 Å². The molecule has 0 radical (unpaired) electrons. The minimum Gasteiger partial charge on any atom is -0.318 e. The lowest BCUT2D eigenvalue weighted by Gasteiger charge is -2.45. The fraction of sp³-hybridized carbons (Fsp3) is 0.133. The number of anilines is 1. The van der Waals surface area contributed by atoms with E-state index in [9.17, 15) is 4.79 Å². The number of nitrogens with two attached hydrogens (primary N) is 1. The number of carbonyl (C=O) groups is 1. The quantitative estimate of drug-likeness (QED) is 0.788. The Labute approximate surface area is 140 Å². The molecule has 108 valence electrons. The van der Waals surface area contributed by atoms with Gasteiger partial charge >= 0.3 is 0 Å². The Bertz CT molecular complexity index is 705. The van der Waals surface area contributed by atoms with Crippen molar-refractivity contribution in [2.45, 2.75) is 12.1 Å². The highest BCUT2D eigenvalue weighted by Crippen LogP contribution is 2.40. The minimum atomic E-state index is -0.541. The molecule has 1 fully saturated rings. The zero-order valence-electron chi connectivity index (χ0n) is 10.8. The maximum atomic E-state index is 12.1. The lowest BCUT2D eigenvalue weighted by Crippen LogP contribution is -2.63. The summed E-state index contributed by atoms with van der Waals surface area (Å²) in [6.07, 6.45) is 0. The lowest BCUT2D eigenvalue weighted by molar-refractivity contribution is -0.126. The van der Waals surface area contributed by atoms with Crippen LogP contribution in [0.1, 0.15) is 11.6 Å². The maximum Gasteiger partial charge on any atom is 0.247 e. The summed E-state index contributed by atoms with van der Waals surface area (Å²) in [4.78, 5) is 13.8. The molecule has 1 amide bonds. The Morgan fingerprint density at radius 1 is 1.05 bits per heavy atom. The summed E-state index contributed by atoms with van der Waals surface area (Å²) in [5.74, 6) is -0.124. The number of rotatable bonds is 2. The van der Waals surface area contributed by atoms with Crippen molar-refractivity contribution in [3.8, 4) is 0 Å². The first-order valence-electron chi connectivity index (χ1n) is 6.28. The van der Waals surface area contributed by atoms with E-state index in [1.165, 1.54) is 0 Å². The van der Waals surface area contributed by atoms with Gasteiger partial charge in [0.05, 0.1) is 16.1 Å². The van der Waals surface area contributed by atoms with Gasteiger partial charge in [0.1, 0.15) is 6.04 Å². The maximum absolute atomic E-state index is 12.1. The molecule has 0 spiro atoms. The van der Waals surface area contributed by atoms with Crippen molar-refractivity contribution >= 4 is 50.7 Å². The van der Waals surface area contributed by atoms with Crippen LogP contribution in [0.4, 0.5) is 5.69 Å². The third-order valence-electron chi connectivity index (χ3n) is 3.53. The average Bonchev–Trinajstić information content (AvgIpc) is 2.48. The molecule has 3 rings (SSSR count). The van der Waals surface area contributed by atoms with Crippen LogP contribution < -0.4 is 10.6 Å². The first kappa shape index (κ1) is 14.9. The third kappa shape index (κ3) is 2.57. The van der Waals surface area contributed by atoms with Gasteiger partial charge in [-0.25, -0.2) is 0 Å². The molecule has 0 aliphatic carbocycles. The SMILES string of the molecule is N[C@H]1C(=O)N(c2ccc(Cl)c(Cl)c2)[C@@H]1c1ccc(Br)cc1. The van der Waals surface area contributed by atoms with E-state index in [0.717, 1.165) is 10.0 Å². The molecule has 0 aromatic heterocycles. The van der Waals surface area contributed by atoms with Crippen LogP contribution in [0, 0.1) is 0 Å². The Hall–Kier alpha value is -1.07. The monoisotopic (exact) mass is 384 g/mol. The second-order valence-corrected chi connectivity index (χ2v) is 6.56. The third-order valence-corrected chi connectivity index (χ3v) is 4.80. The molecule has 21 heavy (non-hydrogen) atoms. The fourth-order valence-electron chi connectivity index (χ4n) is 2.45. The molecule has 6 heteroatoms. The van der Waals surface area contributed by atoms with Gasteiger partial charge in [0.25, 0.3) is 0 Å². The Morgan fingerprint density at radius 3 is 2.33 bits per heavy atom. The zero-order valence-corrected chi connectivity index (χ0v) is 13.9. The molecule has 2 aromatic rings. The summed E-state index contributed by atoms with van der Waals surface area (Å²) in [5.41, 5.74) is 7.65. The number of hydrogen-bond acceptors (Lipinski definition) is 2. The van der Waals surface area contributed by atoms with Gasteiger partial charge < -0.3 is 10.6 Å². The van der Waals surface area contributed by atoms with Gasteiger partial charge in [-0.1, -0.05) is 51.3 Å². The number of benzene rings is 2. The van der Waals surface area contributed by atoms with Crippen LogP contribution in [-0.4, -0.2) is 11.9 Å². The summed E-state index contributed by atoms with van der Waals surface area (Å²) in [6.45, 7) is 0. The van der Waals surface area contributed by atoms with Crippen LogP contribution in [0.5, 0.6) is 0 Å². The molecular weight excluding hydrogens is 375 g/mol. The van der Waals surface area contributed by atoms with Crippen molar-refractivity contribution < 1.29 is 4.79 Å². The first-order valence-corrected chi connectivity index (χ1v) is 7.83. The summed E-state index contributed by atoms with van der Waals surface area (Å²) in [6, 6.07) is 12.1. The average molecular weight is 386 g/mol. The van der Waals surface area contributed by atoms with E-state index in [2.05, 4.69) is 15.9 Å². The predicted molar refractivity (Wildman–Crippen MR) is 88.8 cm³/mol. The molecule has 0 bridgehead atoms. The van der Waals surface area contributed by atoms with Gasteiger partial charge in [-0.2, -0.15) is 0 Å².